The van der Waals surface area contributed by atoms with Crippen molar-refractivity contribution in [2.75, 3.05) is 23.9 Å². The highest BCUT2D eigenvalue weighted by atomic mass is 35.5. The van der Waals surface area contributed by atoms with Crippen LogP contribution >= 0.6 is 46.7 Å². The fraction of sp³-hybridized carbons (Fsp3) is 0.462. The van der Waals surface area contributed by atoms with Gasteiger partial charge in [0.05, 0.1) is 11.6 Å². The number of thioether (sulfide) groups is 2. The molecule has 0 aliphatic heterocycles. The molecule has 0 fully saturated rings. The van der Waals surface area contributed by atoms with Crippen LogP contribution in [0.15, 0.2) is 23.1 Å². The Hall–Kier alpha value is -0.0700. The number of hydrogen-bond donors (Lipinski definition) is 1. The molecule has 1 atom stereocenters. The number of nitrogens with two attached hydrogens (primary N) is 1. The van der Waals surface area contributed by atoms with E-state index in [1.54, 1.807) is 42.6 Å². The molecule has 2 N–H and O–H groups in total. The van der Waals surface area contributed by atoms with Gasteiger partial charge in [-0.25, -0.2) is 0 Å². The lowest BCUT2D eigenvalue weighted by molar-refractivity contribution is -0.144. The summed E-state index contributed by atoms with van der Waals surface area (Å²) in [5.74, 6) is 1.97. The molecule has 0 saturated heterocycles. The molecule has 0 radical (unpaired) electrons. The molecular formula is C13H17Cl2NO2S2. The van der Waals surface area contributed by atoms with Gasteiger partial charge in [-0.3, -0.25) is 4.79 Å². The van der Waals surface area contributed by atoms with Gasteiger partial charge in [0, 0.05) is 27.2 Å². The Morgan fingerprint density at radius 1 is 1.40 bits per heavy atom. The monoisotopic (exact) mass is 353 g/mol. The molecule has 0 saturated carbocycles. The van der Waals surface area contributed by atoms with E-state index in [4.69, 9.17) is 33.7 Å². The van der Waals surface area contributed by atoms with Crippen molar-refractivity contribution >= 4 is 52.7 Å². The number of carbonyl (C=O) groups excluding carboxylic acids is 1. The fourth-order valence-electron chi connectivity index (χ4n) is 1.33. The van der Waals surface area contributed by atoms with Crippen LogP contribution in [0.25, 0.3) is 0 Å². The first kappa shape index (κ1) is 18.0. The molecular weight excluding hydrogens is 337 g/mol. The highest BCUT2D eigenvalue weighted by Crippen LogP contribution is 2.30. The van der Waals surface area contributed by atoms with E-state index in [-0.39, 0.29) is 5.97 Å². The van der Waals surface area contributed by atoms with Crippen molar-refractivity contribution in [3.05, 3.63) is 28.2 Å². The summed E-state index contributed by atoms with van der Waals surface area (Å²) in [6.45, 7) is 2.13. The van der Waals surface area contributed by atoms with Gasteiger partial charge in [0.15, 0.2) is 0 Å². The molecule has 1 rings (SSSR count). The summed E-state index contributed by atoms with van der Waals surface area (Å²) in [4.78, 5) is 12.3. The summed E-state index contributed by atoms with van der Waals surface area (Å²) in [6.07, 6.45) is 0. The van der Waals surface area contributed by atoms with Crippen LogP contribution < -0.4 is 5.73 Å². The van der Waals surface area contributed by atoms with Crippen molar-refractivity contribution in [2.24, 2.45) is 5.73 Å². The second-order valence-corrected chi connectivity index (χ2v) is 6.99. The highest BCUT2D eigenvalue weighted by molar-refractivity contribution is 8.03. The van der Waals surface area contributed by atoms with Gasteiger partial charge in [0.1, 0.15) is 6.04 Å². The van der Waals surface area contributed by atoms with E-state index >= 15 is 0 Å². The van der Waals surface area contributed by atoms with Crippen molar-refractivity contribution < 1.29 is 9.53 Å². The minimum atomic E-state index is -0.556. The third-order valence-corrected chi connectivity index (χ3v) is 5.35. The first-order valence-electron chi connectivity index (χ1n) is 6.12. The van der Waals surface area contributed by atoms with Gasteiger partial charge in [-0.2, -0.15) is 11.8 Å². The summed E-state index contributed by atoms with van der Waals surface area (Å²) < 4.78 is 4.84. The average Bonchev–Trinajstić information content (AvgIpc) is 2.42. The van der Waals surface area contributed by atoms with E-state index in [2.05, 4.69) is 0 Å². The van der Waals surface area contributed by atoms with Gasteiger partial charge in [0.2, 0.25) is 0 Å². The molecule has 20 heavy (non-hydrogen) atoms. The maximum atomic E-state index is 11.3. The van der Waals surface area contributed by atoms with Crippen LogP contribution in [0.4, 0.5) is 0 Å². The zero-order chi connectivity index (χ0) is 15.0. The second-order valence-electron chi connectivity index (χ2n) is 3.86. The number of rotatable bonds is 8. The van der Waals surface area contributed by atoms with Gasteiger partial charge in [-0.15, -0.1) is 11.8 Å². The number of halogens is 2. The predicted molar refractivity (Wildman–Crippen MR) is 89.1 cm³/mol. The van der Waals surface area contributed by atoms with E-state index in [0.29, 0.717) is 22.4 Å². The first-order chi connectivity index (χ1) is 9.54. The molecule has 7 heteroatoms. The van der Waals surface area contributed by atoms with Crippen molar-refractivity contribution in [3.8, 4) is 0 Å². The van der Waals surface area contributed by atoms with Crippen LogP contribution in [0.5, 0.6) is 0 Å². The van der Waals surface area contributed by atoms with Crippen LogP contribution in [0, 0.1) is 0 Å². The van der Waals surface area contributed by atoms with Crippen molar-refractivity contribution in [2.45, 2.75) is 17.9 Å². The molecule has 0 heterocycles. The number of carbonyl (C=O) groups is 1. The standard InChI is InChI=1S/C13H17Cl2NO2S2/c1-2-18-13(17)11(16)8-19-5-6-20-12-7-9(14)3-4-10(12)15/h3-4,7,11H,2,5-6,8,16H2,1H3. The molecule has 0 spiro atoms. The van der Waals surface area contributed by atoms with Crippen LogP contribution in [0.3, 0.4) is 0 Å². The summed E-state index contributed by atoms with van der Waals surface area (Å²) in [5.41, 5.74) is 5.70. The summed E-state index contributed by atoms with van der Waals surface area (Å²) in [7, 11) is 0. The van der Waals surface area contributed by atoms with E-state index in [0.717, 1.165) is 16.4 Å². The average molecular weight is 354 g/mol. The second kappa shape index (κ2) is 9.79. The number of esters is 1. The lowest BCUT2D eigenvalue weighted by Crippen LogP contribution is -2.34. The fourth-order valence-corrected chi connectivity index (χ4v) is 3.84. The summed E-state index contributed by atoms with van der Waals surface area (Å²) in [6, 6.07) is 4.85. The summed E-state index contributed by atoms with van der Waals surface area (Å²) in [5, 5.41) is 1.38. The van der Waals surface area contributed by atoms with Crippen molar-refractivity contribution in [3.63, 3.8) is 0 Å². The molecule has 0 bridgehead atoms. The topological polar surface area (TPSA) is 52.3 Å². The van der Waals surface area contributed by atoms with Crippen LogP contribution in [0.1, 0.15) is 6.92 Å². The summed E-state index contributed by atoms with van der Waals surface area (Å²) >= 11 is 15.2. The lowest BCUT2D eigenvalue weighted by Gasteiger charge is -2.10. The van der Waals surface area contributed by atoms with Crippen molar-refractivity contribution in [1.82, 2.24) is 0 Å². The third kappa shape index (κ3) is 6.59. The number of ether oxygens (including phenoxy) is 1. The zero-order valence-electron chi connectivity index (χ0n) is 11.1. The Bertz CT molecular complexity index is 446. The van der Waals surface area contributed by atoms with Crippen LogP contribution in [-0.4, -0.2) is 35.9 Å². The van der Waals surface area contributed by atoms with E-state index < -0.39 is 6.04 Å². The molecule has 1 aromatic carbocycles. The maximum absolute atomic E-state index is 11.3. The third-order valence-electron chi connectivity index (χ3n) is 2.27. The van der Waals surface area contributed by atoms with Gasteiger partial charge in [0.25, 0.3) is 0 Å². The minimum Gasteiger partial charge on any atom is -0.465 e. The molecule has 0 aromatic heterocycles. The maximum Gasteiger partial charge on any atom is 0.323 e. The Kier molecular flexibility index (Phi) is 8.80. The smallest absolute Gasteiger partial charge is 0.323 e. The molecule has 0 aliphatic carbocycles. The Balaban J connectivity index is 2.22. The largest absolute Gasteiger partial charge is 0.465 e. The van der Waals surface area contributed by atoms with E-state index in [9.17, 15) is 4.79 Å². The normalized spacial score (nSPS) is 12.2. The Morgan fingerprint density at radius 3 is 2.85 bits per heavy atom. The quantitative estimate of drug-likeness (QED) is 0.438. The molecule has 3 nitrogen and oxygen atoms in total. The van der Waals surface area contributed by atoms with Gasteiger partial charge in [-0.05, 0) is 25.1 Å². The van der Waals surface area contributed by atoms with Crippen LogP contribution in [0.2, 0.25) is 10.0 Å². The van der Waals surface area contributed by atoms with E-state index in [1.807, 2.05) is 6.07 Å². The highest BCUT2D eigenvalue weighted by Gasteiger charge is 2.13. The molecule has 0 amide bonds. The van der Waals surface area contributed by atoms with Gasteiger partial charge >= 0.3 is 5.97 Å². The SMILES string of the molecule is CCOC(=O)C(N)CSCCSc1cc(Cl)ccc1Cl. The molecule has 1 unspecified atom stereocenters. The lowest BCUT2D eigenvalue weighted by atomic mass is 10.4. The van der Waals surface area contributed by atoms with Gasteiger partial charge in [-0.1, -0.05) is 23.2 Å². The van der Waals surface area contributed by atoms with Crippen LogP contribution in [-0.2, 0) is 9.53 Å². The van der Waals surface area contributed by atoms with Crippen molar-refractivity contribution in [1.29, 1.82) is 0 Å². The number of benzene rings is 1. The molecule has 112 valence electrons. The first-order valence-corrected chi connectivity index (χ1v) is 9.02. The Morgan fingerprint density at radius 2 is 2.15 bits per heavy atom. The molecule has 1 aromatic rings. The minimum absolute atomic E-state index is 0.342. The van der Waals surface area contributed by atoms with Gasteiger partial charge < -0.3 is 10.5 Å². The number of hydrogen-bond acceptors (Lipinski definition) is 5. The zero-order valence-corrected chi connectivity index (χ0v) is 14.2. The Labute approximate surface area is 137 Å². The van der Waals surface area contributed by atoms with E-state index in [1.165, 1.54) is 0 Å². The predicted octanol–water partition coefficient (Wildman–Crippen LogP) is 3.71. The molecule has 0 aliphatic rings.